The lowest BCUT2D eigenvalue weighted by Gasteiger charge is -2.09. The SMILES string of the molecule is c1ccc(-n2c3ccccc3c3c2ccc2c4c5c(cc6ccn(c64)c23)c2ccccc2n5-c2ccccc2)cc1.c1ccc(-n2c3ccccc3c3c4ccn5c6cc7c8cc9c(c%10ccccc%10n9-c9ccccc9)c9ccn(c7cc6c(cc32)c45)c89)cc1.c1ccc(-n2c3ccccc3c3cc4c(cc32)c2c3c(cc5ccn4c52)c2ccccc2n3-c2ccccc2)cc1. The van der Waals surface area contributed by atoms with E-state index in [9.17, 15) is 0 Å². The molecule has 0 saturated heterocycles. The first-order chi connectivity index (χ1) is 65.6. The van der Waals surface area contributed by atoms with Gasteiger partial charge in [0.25, 0.3) is 0 Å². The van der Waals surface area contributed by atoms with Crippen LogP contribution >= 0.6 is 0 Å². The quantitative estimate of drug-likeness (QED) is 0.159. The third-order valence-corrected chi connectivity index (χ3v) is 29.4. The highest BCUT2D eigenvalue weighted by atomic mass is 15.0. The number of aromatic nitrogens is 10. The summed E-state index contributed by atoms with van der Waals surface area (Å²) in [7, 11) is 0. The van der Waals surface area contributed by atoms with Gasteiger partial charge < -0.3 is 45.0 Å². The summed E-state index contributed by atoms with van der Waals surface area (Å²) in [5, 5.41) is 31.0. The van der Waals surface area contributed by atoms with Gasteiger partial charge in [0, 0.05) is 188 Å². The van der Waals surface area contributed by atoms with Crippen LogP contribution in [0.3, 0.4) is 0 Å². The lowest BCUT2D eigenvalue weighted by Crippen LogP contribution is -1.94. The van der Waals surface area contributed by atoms with Crippen LogP contribution in [0.4, 0.5) is 0 Å². The largest absolute Gasteiger partial charge is 0.315 e. The maximum atomic E-state index is 2.46. The fraction of sp³-hybridized carbons (Fsp3) is 0. The Hall–Kier alpha value is -17.9. The number of benzene rings is 19. The maximum Gasteiger partial charge on any atom is 0.0641 e. The first-order valence-corrected chi connectivity index (χ1v) is 45.5. The second kappa shape index (κ2) is 26.0. The predicted molar refractivity (Wildman–Crippen MR) is 554 cm³/mol. The fourth-order valence-corrected chi connectivity index (χ4v) is 24.2. The van der Waals surface area contributed by atoms with Gasteiger partial charge in [0.1, 0.15) is 0 Å². The Morgan fingerprint density at radius 3 is 0.818 bits per heavy atom. The normalized spacial score (nSPS) is 12.5. The molecule has 0 atom stereocenters. The Morgan fingerprint density at radius 1 is 0.114 bits per heavy atom. The van der Waals surface area contributed by atoms with E-state index >= 15 is 0 Å². The Bertz CT molecular complexity index is 10400. The van der Waals surface area contributed by atoms with Crippen LogP contribution in [-0.4, -0.2) is 45.0 Å². The summed E-state index contributed by atoms with van der Waals surface area (Å²) in [6, 6.07) is 151. The van der Waals surface area contributed by atoms with E-state index in [0.717, 1.165) is 0 Å². The van der Waals surface area contributed by atoms with Crippen LogP contribution in [0, 0.1) is 0 Å². The van der Waals surface area contributed by atoms with E-state index in [-0.39, 0.29) is 0 Å². The number of hydrogen-bond acceptors (Lipinski definition) is 0. The third-order valence-electron chi connectivity index (χ3n) is 29.4. The van der Waals surface area contributed by atoms with Gasteiger partial charge in [-0.2, -0.15) is 0 Å². The van der Waals surface area contributed by atoms with Crippen molar-refractivity contribution in [1.82, 2.24) is 45.0 Å². The van der Waals surface area contributed by atoms with Gasteiger partial charge in [-0.25, -0.2) is 0 Å². The second-order valence-electron chi connectivity index (χ2n) is 35.8. The molecule has 0 unspecified atom stereocenters. The van der Waals surface area contributed by atoms with E-state index in [0.29, 0.717) is 0 Å². The topological polar surface area (TPSA) is 47.2 Å². The van der Waals surface area contributed by atoms with Crippen LogP contribution in [0.2, 0.25) is 0 Å². The Balaban J connectivity index is 0.0000000939. The van der Waals surface area contributed by atoms with Gasteiger partial charge in [-0.15, -0.1) is 0 Å². The molecule has 0 aliphatic rings. The van der Waals surface area contributed by atoms with Gasteiger partial charge in [0.05, 0.1) is 110 Å². The third kappa shape index (κ3) is 9.15. The molecule has 10 nitrogen and oxygen atoms in total. The van der Waals surface area contributed by atoms with Crippen LogP contribution in [-0.2, 0) is 0 Å². The molecule has 0 N–H and O–H groups in total. The van der Waals surface area contributed by atoms with Crippen molar-refractivity contribution in [3.63, 3.8) is 0 Å². The Morgan fingerprint density at radius 2 is 0.386 bits per heavy atom. The van der Waals surface area contributed by atoms with Gasteiger partial charge >= 0.3 is 0 Å². The summed E-state index contributed by atoms with van der Waals surface area (Å²) < 4.78 is 24.3. The molecule has 610 valence electrons. The Labute approximate surface area is 750 Å². The lowest BCUT2D eigenvalue weighted by atomic mass is 10.0. The molecule has 0 fully saturated rings. The highest BCUT2D eigenvalue weighted by molar-refractivity contribution is 6.38. The first-order valence-electron chi connectivity index (χ1n) is 45.5. The number of para-hydroxylation sites is 12. The molecule has 0 aliphatic carbocycles. The van der Waals surface area contributed by atoms with Crippen molar-refractivity contribution in [3.8, 4) is 34.1 Å². The van der Waals surface area contributed by atoms with Gasteiger partial charge in [-0.3, -0.25) is 0 Å². The average molecular weight is 1680 g/mol. The molecule has 0 saturated carbocycles. The minimum absolute atomic E-state index is 1.18. The molecule has 0 spiro atoms. The van der Waals surface area contributed by atoms with Gasteiger partial charge in [0.2, 0.25) is 0 Å². The summed E-state index contributed by atoms with van der Waals surface area (Å²) >= 11 is 0. The van der Waals surface area contributed by atoms with Crippen molar-refractivity contribution >= 4 is 240 Å². The second-order valence-corrected chi connectivity index (χ2v) is 35.8. The molecule has 14 aromatic heterocycles. The summed E-state index contributed by atoms with van der Waals surface area (Å²) in [6.07, 6.45) is 9.07. The zero-order valence-corrected chi connectivity index (χ0v) is 71.0. The standard InChI is InChI=1S/C46H26N4.2C38H23N3/c1-3-11-27(12-4-1)49-37-17-9-7-15-29(37)43-31-19-21-47-39-24-34-36-26-42-44(30-16-8-10-18-38(30)50(42)28-13-5-2-6-14-28)32-20-22-48(46(32)36)40(34)23-33(39)35(45(31)47)25-41(43)49;1-3-11-25(12-4-1)40-32-17-9-7-15-27(32)29-22-34-31(23-35(29)40)36-37-24(19-20-39(34)37)21-30-28-16-8-10-18-33(28)41(38(30)36)26-13-5-2-6-14-26;1-3-11-25(12-4-1)40-32-18-10-8-16-28(32)34-33(40)20-19-29-35-36-24(21-22-39(36)37(29)34)23-30-27-15-7-9-17-31(27)41(38(30)35)26-13-5-2-6-14-26/h1-26H;2*1-23H. The molecule has 0 radical (unpaired) electrons. The zero-order chi connectivity index (χ0) is 85.6. The van der Waals surface area contributed by atoms with Crippen molar-refractivity contribution in [2.45, 2.75) is 0 Å². The summed E-state index contributed by atoms with van der Waals surface area (Å²) in [4.78, 5) is 0. The number of nitrogens with zero attached hydrogens (tertiary/aromatic N) is 10. The molecule has 33 aromatic rings. The molecule has 19 aromatic carbocycles. The lowest BCUT2D eigenvalue weighted by molar-refractivity contribution is 1.18. The van der Waals surface area contributed by atoms with Crippen molar-refractivity contribution < 1.29 is 0 Å². The van der Waals surface area contributed by atoms with Crippen molar-refractivity contribution in [2.75, 3.05) is 0 Å². The van der Waals surface area contributed by atoms with Crippen molar-refractivity contribution in [2.24, 2.45) is 0 Å². The van der Waals surface area contributed by atoms with Crippen molar-refractivity contribution in [3.05, 3.63) is 437 Å². The smallest absolute Gasteiger partial charge is 0.0641 e. The first kappa shape index (κ1) is 70.3. The Kier molecular flexibility index (Phi) is 13.8. The zero-order valence-electron chi connectivity index (χ0n) is 71.0. The average Bonchev–Trinajstić information content (AvgIpc) is 1.52. The van der Waals surface area contributed by atoms with Crippen molar-refractivity contribution in [1.29, 1.82) is 0 Å². The summed E-state index contributed by atoms with van der Waals surface area (Å²) in [5.74, 6) is 0. The number of rotatable bonds is 6. The number of hydrogen-bond donors (Lipinski definition) is 0. The highest BCUT2D eigenvalue weighted by Gasteiger charge is 2.31. The van der Waals surface area contributed by atoms with E-state index in [1.807, 2.05) is 0 Å². The van der Waals surface area contributed by atoms with Crippen LogP contribution in [0.1, 0.15) is 0 Å². The molecule has 0 bridgehead atoms. The van der Waals surface area contributed by atoms with Gasteiger partial charge in [0.15, 0.2) is 0 Å². The molecule has 33 rings (SSSR count). The molecule has 0 aliphatic heterocycles. The minimum Gasteiger partial charge on any atom is -0.315 e. The van der Waals surface area contributed by atoms with Crippen LogP contribution in [0.5, 0.6) is 0 Å². The molecule has 0 amide bonds. The van der Waals surface area contributed by atoms with E-state index < -0.39 is 0 Å². The van der Waals surface area contributed by atoms with Gasteiger partial charge in [-0.05, 0) is 194 Å². The summed E-state index contributed by atoms with van der Waals surface area (Å²) in [6.45, 7) is 0. The monoisotopic (exact) mass is 1680 g/mol. The molecule has 10 heteroatoms. The maximum absolute atomic E-state index is 2.46. The predicted octanol–water partition coefficient (Wildman–Crippen LogP) is 31.6. The van der Waals surface area contributed by atoms with E-state index in [1.165, 1.54) is 274 Å². The molecular weight excluding hydrogens is 1610 g/mol. The van der Waals surface area contributed by atoms with E-state index in [1.54, 1.807) is 0 Å². The van der Waals surface area contributed by atoms with E-state index in [4.69, 9.17) is 0 Å². The molecule has 132 heavy (non-hydrogen) atoms. The van der Waals surface area contributed by atoms with Crippen LogP contribution in [0.15, 0.2) is 437 Å². The highest BCUT2D eigenvalue weighted by Crippen LogP contribution is 2.53. The minimum atomic E-state index is 1.18. The van der Waals surface area contributed by atoms with Gasteiger partial charge in [-0.1, -0.05) is 218 Å². The van der Waals surface area contributed by atoms with Crippen LogP contribution in [0.25, 0.3) is 274 Å². The fourth-order valence-electron chi connectivity index (χ4n) is 24.2. The van der Waals surface area contributed by atoms with Crippen LogP contribution < -0.4 is 0 Å². The molecular formula is C122H72N10. The van der Waals surface area contributed by atoms with E-state index in [2.05, 4.69) is 482 Å². The number of fused-ring (bicyclic) bond motifs is 35. The molecule has 14 heterocycles. The summed E-state index contributed by atoms with van der Waals surface area (Å²) in [5.41, 5.74) is 32.2.